The molecule has 88 valence electrons. The molecule has 0 fully saturated rings. The molecule has 0 rings (SSSR count). The molecule has 7 nitrogen and oxygen atoms in total. The Morgan fingerprint density at radius 1 is 1.33 bits per heavy atom. The van der Waals surface area contributed by atoms with Gasteiger partial charge in [-0.3, -0.25) is 14.1 Å². The first kappa shape index (κ1) is 14.4. The van der Waals surface area contributed by atoms with Crippen LogP contribution in [0.15, 0.2) is 0 Å². The molecule has 0 aromatic heterocycles. The van der Waals surface area contributed by atoms with Gasteiger partial charge in [-0.1, -0.05) is 13.8 Å². The summed E-state index contributed by atoms with van der Waals surface area (Å²) in [6.07, 6.45) is -1.47. The van der Waals surface area contributed by atoms with Crippen molar-refractivity contribution in [3.05, 3.63) is 0 Å². The summed E-state index contributed by atoms with van der Waals surface area (Å²) < 4.78 is 14.0. The lowest BCUT2D eigenvalue weighted by molar-refractivity contribution is -0.144. The number of Topliss-reactive ketones (excluding diaryl/α,β-unsaturated/α-hetero) is 2. The molecular weight excluding hydrogens is 227 g/mol. The molecule has 0 amide bonds. The number of phosphoric ester groups is 1. The zero-order valence-corrected chi connectivity index (χ0v) is 9.18. The molecule has 0 radical (unpaired) electrons. The number of aliphatic hydroxyl groups is 1. The summed E-state index contributed by atoms with van der Waals surface area (Å²) >= 11 is 0. The van der Waals surface area contributed by atoms with E-state index in [1.54, 1.807) is 0 Å². The van der Waals surface area contributed by atoms with E-state index in [4.69, 9.17) is 9.79 Å². The normalized spacial score (nSPS) is 14.0. The van der Waals surface area contributed by atoms with Crippen molar-refractivity contribution in [3.63, 3.8) is 0 Å². The summed E-state index contributed by atoms with van der Waals surface area (Å²) in [7, 11) is -4.77. The van der Waals surface area contributed by atoms with E-state index in [1.165, 1.54) is 13.8 Å². The number of carbonyl (C=O) groups is 2. The maximum atomic E-state index is 11.1. The molecule has 0 spiro atoms. The average Bonchev–Trinajstić information content (AvgIpc) is 2.10. The summed E-state index contributed by atoms with van der Waals surface area (Å²) in [5.74, 6) is -2.73. The van der Waals surface area contributed by atoms with Gasteiger partial charge in [0.15, 0.2) is 0 Å². The maximum Gasteiger partial charge on any atom is 0.470 e. The lowest BCUT2D eigenvalue weighted by atomic mass is 10.0. The van der Waals surface area contributed by atoms with Gasteiger partial charge in [0, 0.05) is 0 Å². The van der Waals surface area contributed by atoms with Crippen molar-refractivity contribution in [1.29, 1.82) is 0 Å². The van der Waals surface area contributed by atoms with Gasteiger partial charge in [-0.05, 0) is 5.92 Å². The molecule has 0 aliphatic rings. The summed E-state index contributed by atoms with van der Waals surface area (Å²) in [4.78, 5) is 38.5. The Morgan fingerprint density at radius 2 is 1.80 bits per heavy atom. The number of rotatable bonds is 6. The van der Waals surface area contributed by atoms with Gasteiger partial charge < -0.3 is 14.9 Å². The lowest BCUT2D eigenvalue weighted by Crippen LogP contribution is -2.34. The second-order valence-electron chi connectivity index (χ2n) is 3.24. The molecule has 0 saturated heterocycles. The Bertz CT molecular complexity index is 292. The van der Waals surface area contributed by atoms with Crippen LogP contribution in [0.4, 0.5) is 0 Å². The number of aliphatic hydroxyl groups excluding tert-OH is 1. The zero-order chi connectivity index (χ0) is 12.2. The average molecular weight is 240 g/mol. The fourth-order valence-corrected chi connectivity index (χ4v) is 0.967. The van der Waals surface area contributed by atoms with Crippen LogP contribution in [-0.2, 0) is 18.7 Å². The summed E-state index contributed by atoms with van der Waals surface area (Å²) in [5, 5.41) is 9.17. The van der Waals surface area contributed by atoms with E-state index in [2.05, 4.69) is 4.52 Å². The largest absolute Gasteiger partial charge is 0.470 e. The monoisotopic (exact) mass is 240 g/mol. The third kappa shape index (κ3) is 5.76. The van der Waals surface area contributed by atoms with Crippen molar-refractivity contribution >= 4 is 19.4 Å². The molecule has 15 heavy (non-hydrogen) atoms. The highest BCUT2D eigenvalue weighted by Crippen LogP contribution is 2.35. The smallest absolute Gasteiger partial charge is 0.385 e. The first-order valence-corrected chi connectivity index (χ1v) is 5.63. The second-order valence-corrected chi connectivity index (χ2v) is 4.48. The molecule has 0 saturated carbocycles. The first-order valence-electron chi connectivity index (χ1n) is 4.10. The van der Waals surface area contributed by atoms with E-state index in [1.807, 2.05) is 0 Å². The number of carbonyl (C=O) groups excluding carboxylic acids is 2. The summed E-state index contributed by atoms with van der Waals surface area (Å²) in [6, 6.07) is 0. The highest BCUT2D eigenvalue weighted by atomic mass is 31.2. The minimum atomic E-state index is -4.77. The molecule has 1 unspecified atom stereocenters. The van der Waals surface area contributed by atoms with E-state index in [0.29, 0.717) is 0 Å². The second kappa shape index (κ2) is 5.48. The van der Waals surface area contributed by atoms with Crippen LogP contribution < -0.4 is 0 Å². The minimum Gasteiger partial charge on any atom is -0.385 e. The summed E-state index contributed by atoms with van der Waals surface area (Å²) in [6.45, 7) is 2.02. The molecule has 0 aliphatic carbocycles. The topological polar surface area (TPSA) is 121 Å². The molecule has 0 aliphatic heterocycles. The van der Waals surface area contributed by atoms with Gasteiger partial charge in [-0.2, -0.15) is 0 Å². The Hall–Kier alpha value is -0.590. The molecular formula is C7H13O7P. The van der Waals surface area contributed by atoms with Gasteiger partial charge in [0.1, 0.15) is 12.7 Å². The zero-order valence-electron chi connectivity index (χ0n) is 8.28. The predicted molar refractivity (Wildman–Crippen MR) is 48.9 cm³/mol. The molecule has 0 aromatic rings. The SMILES string of the molecule is CC(C)C(O)C(=O)C(=O)COP(=O)(O)O. The van der Waals surface area contributed by atoms with Crippen molar-refractivity contribution in [2.45, 2.75) is 20.0 Å². The molecule has 0 bridgehead atoms. The summed E-state index contributed by atoms with van der Waals surface area (Å²) in [5.41, 5.74) is 0. The van der Waals surface area contributed by atoms with Crippen LogP contribution in [0.5, 0.6) is 0 Å². The predicted octanol–water partition coefficient (Wildman–Crippen LogP) is -0.749. The standard InChI is InChI=1S/C7H13O7P/c1-4(2)6(9)7(10)5(8)3-14-15(11,12)13/h4,6,9H,3H2,1-2H3,(H2,11,12,13). The van der Waals surface area contributed by atoms with Crippen molar-refractivity contribution in [2.75, 3.05) is 6.61 Å². The van der Waals surface area contributed by atoms with Gasteiger partial charge in [-0.25, -0.2) is 4.57 Å². The maximum absolute atomic E-state index is 11.1. The lowest BCUT2D eigenvalue weighted by Gasteiger charge is -2.12. The number of hydrogen-bond donors (Lipinski definition) is 3. The Labute approximate surface area is 86.3 Å². The third-order valence-electron chi connectivity index (χ3n) is 1.54. The Morgan fingerprint density at radius 3 is 2.13 bits per heavy atom. The van der Waals surface area contributed by atoms with Crippen LogP contribution in [-0.4, -0.2) is 39.2 Å². The van der Waals surface area contributed by atoms with Crippen molar-refractivity contribution in [1.82, 2.24) is 0 Å². The highest BCUT2D eigenvalue weighted by molar-refractivity contribution is 7.46. The van der Waals surface area contributed by atoms with Crippen LogP contribution >= 0.6 is 7.82 Å². The van der Waals surface area contributed by atoms with Crippen LogP contribution in [0.25, 0.3) is 0 Å². The number of phosphoric acid groups is 1. The van der Waals surface area contributed by atoms with Crippen LogP contribution in [0.3, 0.4) is 0 Å². The molecule has 8 heteroatoms. The van der Waals surface area contributed by atoms with Gasteiger partial charge in [0.05, 0.1) is 0 Å². The Balaban J connectivity index is 4.24. The van der Waals surface area contributed by atoms with Crippen molar-refractivity contribution in [2.24, 2.45) is 5.92 Å². The van der Waals surface area contributed by atoms with Gasteiger partial charge >= 0.3 is 7.82 Å². The van der Waals surface area contributed by atoms with E-state index < -0.39 is 38.0 Å². The fraction of sp³-hybridized carbons (Fsp3) is 0.714. The number of ketones is 2. The van der Waals surface area contributed by atoms with E-state index in [0.717, 1.165) is 0 Å². The number of hydrogen-bond acceptors (Lipinski definition) is 5. The molecule has 0 heterocycles. The van der Waals surface area contributed by atoms with E-state index >= 15 is 0 Å². The minimum absolute atomic E-state index is 0.448. The van der Waals surface area contributed by atoms with Crippen LogP contribution in [0, 0.1) is 5.92 Å². The molecule has 3 N–H and O–H groups in total. The highest BCUT2D eigenvalue weighted by Gasteiger charge is 2.27. The van der Waals surface area contributed by atoms with Crippen LogP contribution in [0.1, 0.15) is 13.8 Å². The van der Waals surface area contributed by atoms with Gasteiger partial charge in [-0.15, -0.1) is 0 Å². The van der Waals surface area contributed by atoms with Gasteiger partial charge in [0.2, 0.25) is 11.6 Å². The molecule has 0 aromatic carbocycles. The quantitative estimate of drug-likeness (QED) is 0.412. The third-order valence-corrected chi connectivity index (χ3v) is 2.00. The fourth-order valence-electron chi connectivity index (χ4n) is 0.682. The van der Waals surface area contributed by atoms with E-state index in [9.17, 15) is 19.3 Å². The van der Waals surface area contributed by atoms with Crippen molar-refractivity contribution in [3.8, 4) is 0 Å². The molecule has 1 atom stereocenters. The Kier molecular flexibility index (Phi) is 5.27. The van der Waals surface area contributed by atoms with Gasteiger partial charge in [0.25, 0.3) is 0 Å². The van der Waals surface area contributed by atoms with E-state index in [-0.39, 0.29) is 0 Å². The van der Waals surface area contributed by atoms with Crippen LogP contribution in [0.2, 0.25) is 0 Å². The first-order chi connectivity index (χ1) is 6.65. The van der Waals surface area contributed by atoms with Crippen molar-refractivity contribution < 1.29 is 33.6 Å².